The van der Waals surface area contributed by atoms with Crippen molar-refractivity contribution in [2.45, 2.75) is 30.6 Å². The van der Waals surface area contributed by atoms with E-state index in [0.29, 0.717) is 0 Å². The molecule has 0 unspecified atom stereocenters. The van der Waals surface area contributed by atoms with Gasteiger partial charge in [-0.05, 0) is 94.6 Å². The molecule has 0 spiro atoms. The summed E-state index contributed by atoms with van der Waals surface area (Å²) in [6, 6.07) is 14.6. The van der Waals surface area contributed by atoms with Crippen molar-refractivity contribution in [2.75, 3.05) is 39.3 Å². The lowest BCUT2D eigenvalue weighted by Crippen LogP contribution is -2.22. The molecule has 28 heavy (non-hydrogen) atoms. The van der Waals surface area contributed by atoms with Crippen molar-refractivity contribution in [3.8, 4) is 0 Å². The maximum absolute atomic E-state index is 5.88. The van der Waals surface area contributed by atoms with Gasteiger partial charge in [-0.25, -0.2) is 0 Å². The minimum absolute atomic E-state index is 0.774. The van der Waals surface area contributed by atoms with Crippen LogP contribution in [0, 0.1) is 0 Å². The monoisotopic (exact) mass is 400 g/mol. The molecule has 0 atom stereocenters. The van der Waals surface area contributed by atoms with Gasteiger partial charge in [0.2, 0.25) is 0 Å². The first-order valence-electron chi connectivity index (χ1n) is 10.3. The number of para-hydroxylation sites is 1. The SMILES string of the molecule is NCCCNCCCCNCCCNSc1ccc2oc3ccccc3c2c1. The van der Waals surface area contributed by atoms with E-state index >= 15 is 0 Å². The van der Waals surface area contributed by atoms with E-state index < -0.39 is 0 Å². The Hall–Kier alpha value is -1.57. The molecule has 3 aromatic rings. The molecule has 0 aliphatic carbocycles. The molecule has 1 heterocycles. The number of unbranched alkanes of at least 4 members (excludes halogenated alkanes) is 1. The van der Waals surface area contributed by atoms with E-state index in [1.807, 2.05) is 12.1 Å². The molecule has 3 rings (SSSR count). The van der Waals surface area contributed by atoms with Gasteiger partial charge >= 0.3 is 0 Å². The van der Waals surface area contributed by atoms with Gasteiger partial charge in [0.15, 0.2) is 0 Å². The Kier molecular flexibility index (Phi) is 9.13. The molecular formula is C22H32N4OS. The van der Waals surface area contributed by atoms with Crippen LogP contribution in [0.2, 0.25) is 0 Å². The fourth-order valence-corrected chi connectivity index (χ4v) is 3.89. The van der Waals surface area contributed by atoms with Crippen molar-refractivity contribution < 1.29 is 4.42 Å². The number of nitrogens with two attached hydrogens (primary N) is 1. The van der Waals surface area contributed by atoms with Crippen LogP contribution in [0.5, 0.6) is 0 Å². The summed E-state index contributed by atoms with van der Waals surface area (Å²) in [7, 11) is 0. The fourth-order valence-electron chi connectivity index (χ4n) is 3.17. The maximum atomic E-state index is 5.88. The average molecular weight is 401 g/mol. The van der Waals surface area contributed by atoms with Crippen LogP contribution in [-0.2, 0) is 0 Å². The van der Waals surface area contributed by atoms with E-state index in [9.17, 15) is 0 Å². The second-order valence-electron chi connectivity index (χ2n) is 6.96. The Morgan fingerprint density at radius 1 is 0.750 bits per heavy atom. The highest BCUT2D eigenvalue weighted by Gasteiger charge is 2.06. The molecule has 0 amide bonds. The van der Waals surface area contributed by atoms with Gasteiger partial charge < -0.3 is 20.8 Å². The zero-order valence-corrected chi connectivity index (χ0v) is 17.3. The van der Waals surface area contributed by atoms with Crippen molar-refractivity contribution in [3.05, 3.63) is 42.5 Å². The van der Waals surface area contributed by atoms with Crippen molar-refractivity contribution in [2.24, 2.45) is 5.73 Å². The smallest absolute Gasteiger partial charge is 0.135 e. The first-order valence-corrected chi connectivity index (χ1v) is 11.1. The van der Waals surface area contributed by atoms with E-state index in [1.165, 1.54) is 28.5 Å². The standard InChI is InChI=1S/C22H32N4OS/c23-11-5-14-24-12-3-4-13-25-15-6-16-26-28-18-9-10-22-20(17-18)19-7-1-2-8-21(19)27-22/h1-2,7-10,17,24-26H,3-6,11-16,23H2. The summed E-state index contributed by atoms with van der Waals surface area (Å²) in [5.41, 5.74) is 7.37. The Bertz CT molecular complexity index is 836. The van der Waals surface area contributed by atoms with Crippen LogP contribution in [0.4, 0.5) is 0 Å². The van der Waals surface area contributed by atoms with Gasteiger partial charge in [0, 0.05) is 22.2 Å². The highest BCUT2D eigenvalue weighted by Crippen LogP contribution is 2.31. The molecule has 2 aromatic carbocycles. The van der Waals surface area contributed by atoms with Gasteiger partial charge in [-0.1, -0.05) is 18.2 Å². The molecule has 0 saturated heterocycles. The predicted molar refractivity (Wildman–Crippen MR) is 121 cm³/mol. The molecule has 152 valence electrons. The predicted octanol–water partition coefficient (Wildman–Crippen LogP) is 3.88. The maximum Gasteiger partial charge on any atom is 0.135 e. The summed E-state index contributed by atoms with van der Waals surface area (Å²) in [6.07, 6.45) is 4.63. The summed E-state index contributed by atoms with van der Waals surface area (Å²) >= 11 is 1.69. The summed E-state index contributed by atoms with van der Waals surface area (Å²) in [6.45, 7) is 6.04. The molecule has 0 fully saturated rings. The van der Waals surface area contributed by atoms with Gasteiger partial charge in [0.05, 0.1) is 0 Å². The molecule has 1 aromatic heterocycles. The van der Waals surface area contributed by atoms with Crippen molar-refractivity contribution in [3.63, 3.8) is 0 Å². The van der Waals surface area contributed by atoms with E-state index in [2.05, 4.69) is 45.7 Å². The summed E-state index contributed by atoms with van der Waals surface area (Å²) in [5, 5.41) is 9.29. The third-order valence-corrected chi connectivity index (χ3v) is 5.52. The second kappa shape index (κ2) is 12.1. The molecule has 0 aliphatic heterocycles. The van der Waals surface area contributed by atoms with Crippen molar-refractivity contribution >= 4 is 33.9 Å². The first kappa shape index (κ1) is 21.1. The third kappa shape index (κ3) is 6.50. The number of hydrogen-bond acceptors (Lipinski definition) is 6. The lowest BCUT2D eigenvalue weighted by Gasteiger charge is -2.07. The molecule has 6 heteroatoms. The van der Waals surface area contributed by atoms with Gasteiger partial charge in [0.1, 0.15) is 11.2 Å². The Labute approximate surface area is 171 Å². The Morgan fingerprint density at radius 3 is 2.29 bits per heavy atom. The van der Waals surface area contributed by atoms with Crippen molar-refractivity contribution in [1.82, 2.24) is 15.4 Å². The van der Waals surface area contributed by atoms with Crippen LogP contribution in [0.3, 0.4) is 0 Å². The average Bonchev–Trinajstić information content (AvgIpc) is 3.09. The number of hydrogen-bond donors (Lipinski definition) is 4. The zero-order valence-electron chi connectivity index (χ0n) is 16.5. The van der Waals surface area contributed by atoms with E-state index in [-0.39, 0.29) is 0 Å². The molecule has 0 aliphatic rings. The molecule has 0 saturated carbocycles. The molecule has 5 N–H and O–H groups in total. The lowest BCUT2D eigenvalue weighted by molar-refractivity contribution is 0.568. The van der Waals surface area contributed by atoms with Gasteiger partial charge in [-0.3, -0.25) is 4.72 Å². The lowest BCUT2D eigenvalue weighted by atomic mass is 10.1. The summed E-state index contributed by atoms with van der Waals surface area (Å²) < 4.78 is 9.35. The number of furan rings is 1. The highest BCUT2D eigenvalue weighted by molar-refractivity contribution is 7.97. The fraction of sp³-hybridized carbons (Fsp3) is 0.455. The number of benzene rings is 2. The quantitative estimate of drug-likeness (QED) is 0.243. The Morgan fingerprint density at radius 2 is 1.46 bits per heavy atom. The molecule has 5 nitrogen and oxygen atoms in total. The first-order chi connectivity index (χ1) is 13.9. The van der Waals surface area contributed by atoms with Gasteiger partial charge in [-0.2, -0.15) is 0 Å². The summed E-state index contributed by atoms with van der Waals surface area (Å²) in [5.74, 6) is 0. The normalized spacial score (nSPS) is 11.6. The van der Waals surface area contributed by atoms with E-state index in [1.54, 1.807) is 11.9 Å². The van der Waals surface area contributed by atoms with Gasteiger partial charge in [0.25, 0.3) is 0 Å². The molecule has 0 radical (unpaired) electrons. The van der Waals surface area contributed by atoms with E-state index in [0.717, 1.165) is 63.3 Å². The number of rotatable bonds is 14. The number of nitrogens with one attached hydrogen (secondary N) is 3. The van der Waals surface area contributed by atoms with Crippen LogP contribution in [0.15, 0.2) is 51.8 Å². The van der Waals surface area contributed by atoms with Crippen LogP contribution in [-0.4, -0.2) is 39.3 Å². The van der Waals surface area contributed by atoms with E-state index in [4.69, 9.17) is 10.2 Å². The third-order valence-electron chi connectivity index (χ3n) is 4.69. The topological polar surface area (TPSA) is 75.2 Å². The van der Waals surface area contributed by atoms with Crippen LogP contribution in [0.1, 0.15) is 25.7 Å². The van der Waals surface area contributed by atoms with Crippen LogP contribution >= 0.6 is 11.9 Å². The largest absolute Gasteiger partial charge is 0.456 e. The minimum atomic E-state index is 0.774. The molecule has 0 bridgehead atoms. The summed E-state index contributed by atoms with van der Waals surface area (Å²) in [4.78, 5) is 1.22. The van der Waals surface area contributed by atoms with Crippen molar-refractivity contribution in [1.29, 1.82) is 0 Å². The zero-order chi connectivity index (χ0) is 19.4. The Balaban J connectivity index is 1.26. The van der Waals surface area contributed by atoms with Crippen LogP contribution < -0.4 is 21.1 Å². The highest BCUT2D eigenvalue weighted by atomic mass is 32.2. The van der Waals surface area contributed by atoms with Crippen LogP contribution in [0.25, 0.3) is 21.9 Å². The van der Waals surface area contributed by atoms with Gasteiger partial charge in [-0.15, -0.1) is 0 Å². The number of fused-ring (bicyclic) bond motifs is 3. The second-order valence-corrected chi connectivity index (χ2v) is 7.92. The molecular weight excluding hydrogens is 368 g/mol. The minimum Gasteiger partial charge on any atom is -0.456 e.